The van der Waals surface area contributed by atoms with Gasteiger partial charge in [-0.05, 0) is 62.6 Å². The quantitative estimate of drug-likeness (QED) is 0.867. The highest BCUT2D eigenvalue weighted by atomic mass is 19.1. The predicted molar refractivity (Wildman–Crippen MR) is 71.9 cm³/mol. The van der Waals surface area contributed by atoms with Gasteiger partial charge in [-0.2, -0.15) is 0 Å². The monoisotopic (exact) mass is 265 g/mol. The average Bonchev–Trinajstić information content (AvgIpc) is 2.95. The summed E-state index contributed by atoms with van der Waals surface area (Å²) >= 11 is 0. The van der Waals surface area contributed by atoms with Crippen LogP contribution in [-0.2, 0) is 0 Å². The van der Waals surface area contributed by atoms with E-state index in [0.29, 0.717) is 17.2 Å². The van der Waals surface area contributed by atoms with Crippen LogP contribution < -0.4 is 5.32 Å². The van der Waals surface area contributed by atoms with E-state index in [4.69, 9.17) is 0 Å². The van der Waals surface area contributed by atoms with Crippen molar-refractivity contribution < 1.29 is 8.78 Å². The van der Waals surface area contributed by atoms with Crippen molar-refractivity contribution in [2.45, 2.75) is 51.6 Å². The zero-order valence-electron chi connectivity index (χ0n) is 11.5. The van der Waals surface area contributed by atoms with E-state index < -0.39 is 0 Å². The van der Waals surface area contributed by atoms with Gasteiger partial charge in [0, 0.05) is 17.6 Å². The van der Waals surface area contributed by atoms with Crippen LogP contribution in [0.4, 0.5) is 8.78 Å². The molecule has 104 valence electrons. The summed E-state index contributed by atoms with van der Waals surface area (Å²) in [4.78, 5) is 0. The molecule has 0 spiro atoms. The summed E-state index contributed by atoms with van der Waals surface area (Å²) in [5.41, 5.74) is 0.819. The van der Waals surface area contributed by atoms with E-state index in [1.165, 1.54) is 37.8 Å². The summed E-state index contributed by atoms with van der Waals surface area (Å²) in [6.07, 6.45) is 5.16. The zero-order chi connectivity index (χ0) is 13.6. The largest absolute Gasteiger partial charge is 0.307 e. The fraction of sp³-hybridized carbons (Fsp3) is 0.625. The number of aryl methyl sites for hydroxylation is 1. The van der Waals surface area contributed by atoms with Gasteiger partial charge in [0.25, 0.3) is 0 Å². The molecule has 1 nitrogen and oxygen atoms in total. The number of fused-ring (bicyclic) bond motifs is 2. The molecule has 0 aromatic heterocycles. The van der Waals surface area contributed by atoms with Gasteiger partial charge in [0.2, 0.25) is 0 Å². The van der Waals surface area contributed by atoms with Crippen LogP contribution in [0.15, 0.2) is 12.1 Å². The van der Waals surface area contributed by atoms with Crippen molar-refractivity contribution in [2.24, 2.45) is 11.8 Å². The van der Waals surface area contributed by atoms with Crippen LogP contribution in [-0.4, -0.2) is 6.04 Å². The van der Waals surface area contributed by atoms with Gasteiger partial charge in [0.15, 0.2) is 0 Å². The van der Waals surface area contributed by atoms with Crippen molar-refractivity contribution >= 4 is 0 Å². The van der Waals surface area contributed by atoms with E-state index >= 15 is 0 Å². The van der Waals surface area contributed by atoms with Gasteiger partial charge in [0.05, 0.1) is 0 Å². The van der Waals surface area contributed by atoms with Gasteiger partial charge in [-0.25, -0.2) is 8.78 Å². The summed E-state index contributed by atoms with van der Waals surface area (Å²) < 4.78 is 27.5. The van der Waals surface area contributed by atoms with Crippen molar-refractivity contribution in [1.29, 1.82) is 0 Å². The Bertz CT molecular complexity index is 486. The molecule has 3 heteroatoms. The molecule has 0 saturated heterocycles. The molecule has 4 atom stereocenters. The lowest BCUT2D eigenvalue weighted by Crippen LogP contribution is -2.36. The summed E-state index contributed by atoms with van der Waals surface area (Å²) in [5, 5.41) is 3.51. The van der Waals surface area contributed by atoms with Crippen molar-refractivity contribution in [3.63, 3.8) is 0 Å². The van der Waals surface area contributed by atoms with Crippen LogP contribution >= 0.6 is 0 Å². The number of rotatable bonds is 3. The van der Waals surface area contributed by atoms with Crippen molar-refractivity contribution in [3.05, 3.63) is 34.9 Å². The number of halogens is 2. The van der Waals surface area contributed by atoms with Crippen molar-refractivity contribution in [3.8, 4) is 0 Å². The smallest absolute Gasteiger partial charge is 0.128 e. The Kier molecular flexibility index (Phi) is 3.34. The van der Waals surface area contributed by atoms with E-state index in [0.717, 1.165) is 11.8 Å². The maximum atomic E-state index is 13.9. The van der Waals surface area contributed by atoms with Crippen LogP contribution in [0.25, 0.3) is 0 Å². The summed E-state index contributed by atoms with van der Waals surface area (Å²) in [7, 11) is 0. The Morgan fingerprint density at radius 2 is 1.95 bits per heavy atom. The number of hydrogen-bond donors (Lipinski definition) is 1. The SMILES string of the molecule is Cc1cc(F)c(C(C)NC2CC3CCC2C3)cc1F. The third-order valence-corrected chi connectivity index (χ3v) is 4.95. The first kappa shape index (κ1) is 13.0. The molecule has 19 heavy (non-hydrogen) atoms. The first-order chi connectivity index (χ1) is 9.04. The molecule has 1 aromatic carbocycles. The third kappa shape index (κ3) is 2.40. The number of hydrogen-bond acceptors (Lipinski definition) is 1. The topological polar surface area (TPSA) is 12.0 Å². The molecular weight excluding hydrogens is 244 g/mol. The van der Waals surface area contributed by atoms with Gasteiger partial charge in [-0.3, -0.25) is 0 Å². The Balaban J connectivity index is 1.73. The minimum absolute atomic E-state index is 0.126. The third-order valence-electron chi connectivity index (χ3n) is 4.95. The van der Waals surface area contributed by atoms with Crippen molar-refractivity contribution in [1.82, 2.24) is 5.32 Å². The fourth-order valence-electron chi connectivity index (χ4n) is 3.85. The maximum absolute atomic E-state index is 13.9. The molecule has 2 saturated carbocycles. The molecular formula is C16H21F2N. The lowest BCUT2D eigenvalue weighted by molar-refractivity contribution is 0.323. The molecule has 0 amide bonds. The van der Waals surface area contributed by atoms with Crippen LogP contribution in [0, 0.1) is 30.4 Å². The van der Waals surface area contributed by atoms with Crippen LogP contribution in [0.5, 0.6) is 0 Å². The highest BCUT2D eigenvalue weighted by molar-refractivity contribution is 5.27. The van der Waals surface area contributed by atoms with E-state index in [9.17, 15) is 8.78 Å². The van der Waals surface area contributed by atoms with Crippen molar-refractivity contribution in [2.75, 3.05) is 0 Å². The molecule has 4 unspecified atom stereocenters. The lowest BCUT2D eigenvalue weighted by atomic mass is 9.94. The van der Waals surface area contributed by atoms with Gasteiger partial charge in [-0.15, -0.1) is 0 Å². The second-order valence-corrected chi connectivity index (χ2v) is 6.29. The molecule has 3 rings (SSSR count). The van der Waals surface area contributed by atoms with E-state index in [2.05, 4.69) is 5.32 Å². The molecule has 0 heterocycles. The highest BCUT2D eigenvalue weighted by Gasteiger charge is 2.39. The molecule has 2 fully saturated rings. The second-order valence-electron chi connectivity index (χ2n) is 6.29. The summed E-state index contributed by atoms with van der Waals surface area (Å²) in [6, 6.07) is 3.00. The van der Waals surface area contributed by atoms with Gasteiger partial charge in [-0.1, -0.05) is 6.42 Å². The first-order valence-electron chi connectivity index (χ1n) is 7.26. The van der Waals surface area contributed by atoms with Gasteiger partial charge in [0.1, 0.15) is 11.6 Å². The highest BCUT2D eigenvalue weighted by Crippen LogP contribution is 2.45. The van der Waals surface area contributed by atoms with E-state index in [1.54, 1.807) is 6.92 Å². The van der Waals surface area contributed by atoms with Gasteiger partial charge < -0.3 is 5.32 Å². The molecule has 2 aliphatic rings. The standard InChI is InChI=1S/C16H21F2N/c1-9-5-15(18)13(8-14(9)17)10(2)19-16-7-11-3-4-12(16)6-11/h5,8,10-12,16,19H,3-4,6-7H2,1-2H3. The number of benzene rings is 1. The van der Waals surface area contributed by atoms with Crippen LogP contribution in [0.1, 0.15) is 49.8 Å². The maximum Gasteiger partial charge on any atom is 0.128 e. The minimum Gasteiger partial charge on any atom is -0.307 e. The molecule has 2 bridgehead atoms. The predicted octanol–water partition coefficient (Wildman–Crippen LogP) is 4.11. The lowest BCUT2D eigenvalue weighted by Gasteiger charge is -2.27. The Morgan fingerprint density at radius 1 is 1.16 bits per heavy atom. The Labute approximate surface area is 113 Å². The van der Waals surface area contributed by atoms with Crippen LogP contribution in [0.2, 0.25) is 0 Å². The molecule has 2 aliphatic carbocycles. The Morgan fingerprint density at radius 3 is 2.58 bits per heavy atom. The zero-order valence-corrected chi connectivity index (χ0v) is 11.5. The molecule has 0 radical (unpaired) electrons. The second kappa shape index (κ2) is 4.86. The van der Waals surface area contributed by atoms with Crippen LogP contribution in [0.3, 0.4) is 0 Å². The molecule has 1 N–H and O–H groups in total. The normalized spacial score (nSPS) is 30.8. The summed E-state index contributed by atoms with van der Waals surface area (Å²) in [6.45, 7) is 3.52. The first-order valence-corrected chi connectivity index (χ1v) is 7.26. The van der Waals surface area contributed by atoms with E-state index in [-0.39, 0.29) is 17.7 Å². The summed E-state index contributed by atoms with van der Waals surface area (Å²) in [5.74, 6) is 0.972. The molecule has 1 aromatic rings. The van der Waals surface area contributed by atoms with E-state index in [1.807, 2.05) is 6.92 Å². The minimum atomic E-state index is -0.321. The van der Waals surface area contributed by atoms with Gasteiger partial charge >= 0.3 is 0 Å². The molecule has 0 aliphatic heterocycles. The Hall–Kier alpha value is -0.960. The number of nitrogens with one attached hydrogen (secondary N) is 1. The fourth-order valence-corrected chi connectivity index (χ4v) is 3.85. The average molecular weight is 265 g/mol.